The van der Waals surface area contributed by atoms with Crippen LogP contribution in [-0.4, -0.2) is 53.2 Å². The van der Waals surface area contributed by atoms with Crippen LogP contribution in [0, 0.1) is 0 Å². The Hall–Kier alpha value is -1.94. The molecule has 0 aliphatic carbocycles. The zero-order valence-corrected chi connectivity index (χ0v) is 14.1. The summed E-state index contributed by atoms with van der Waals surface area (Å²) in [7, 11) is -0.461. The third-order valence-corrected chi connectivity index (χ3v) is 5.32. The summed E-state index contributed by atoms with van der Waals surface area (Å²) in [5.41, 5.74) is -1.14. The largest absolute Gasteiger partial charge is 0.348 e. The number of amides is 1. The van der Waals surface area contributed by atoms with Crippen LogP contribution in [0.3, 0.4) is 0 Å². The molecular formula is C13H20N4O5S. The Morgan fingerprint density at radius 2 is 1.74 bits per heavy atom. The summed E-state index contributed by atoms with van der Waals surface area (Å²) in [5.74, 6) is -0.514. The summed E-state index contributed by atoms with van der Waals surface area (Å²) in [4.78, 5) is 35.8. The zero-order valence-electron chi connectivity index (χ0n) is 13.3. The van der Waals surface area contributed by atoms with E-state index in [1.807, 2.05) is 0 Å². The van der Waals surface area contributed by atoms with Crippen LogP contribution >= 0.6 is 0 Å². The molecule has 128 valence electrons. The molecule has 0 radical (unpaired) electrons. The molecule has 1 amide bonds. The molecule has 1 saturated heterocycles. The Bertz CT molecular complexity index is 831. The predicted octanol–water partition coefficient (Wildman–Crippen LogP) is -1.76. The molecule has 1 aliphatic heterocycles. The molecule has 0 atom stereocenters. The first-order chi connectivity index (χ1) is 10.6. The SMILES string of the molecule is Cn1c(C(=O)NC2CCN(S(C)(=O)=O)CC2)cc(=O)n(C)c1=O. The van der Waals surface area contributed by atoms with Gasteiger partial charge in [0.25, 0.3) is 11.5 Å². The van der Waals surface area contributed by atoms with E-state index in [9.17, 15) is 22.8 Å². The molecule has 2 rings (SSSR count). The van der Waals surface area contributed by atoms with E-state index < -0.39 is 27.2 Å². The lowest BCUT2D eigenvalue weighted by molar-refractivity contribution is 0.0913. The van der Waals surface area contributed by atoms with Crippen LogP contribution in [-0.2, 0) is 24.1 Å². The minimum absolute atomic E-state index is 0.0105. The summed E-state index contributed by atoms with van der Waals surface area (Å²) in [5, 5.41) is 2.75. The molecule has 0 unspecified atom stereocenters. The summed E-state index contributed by atoms with van der Waals surface area (Å²) in [6.07, 6.45) is 2.12. The Kier molecular flexibility index (Phi) is 4.76. The Labute approximate surface area is 133 Å². The molecule has 1 aromatic heterocycles. The van der Waals surface area contributed by atoms with E-state index in [0.29, 0.717) is 25.9 Å². The molecule has 2 heterocycles. The number of sulfonamides is 1. The predicted molar refractivity (Wildman–Crippen MR) is 83.8 cm³/mol. The number of nitrogens with one attached hydrogen (secondary N) is 1. The highest BCUT2D eigenvalue weighted by Gasteiger charge is 2.26. The highest BCUT2D eigenvalue weighted by molar-refractivity contribution is 7.88. The molecular weight excluding hydrogens is 324 g/mol. The smallest absolute Gasteiger partial charge is 0.331 e. The second kappa shape index (κ2) is 6.28. The topological polar surface area (TPSA) is 110 Å². The monoisotopic (exact) mass is 344 g/mol. The van der Waals surface area contributed by atoms with Gasteiger partial charge in [0.2, 0.25) is 10.0 Å². The number of hydrogen-bond acceptors (Lipinski definition) is 5. The summed E-state index contributed by atoms with van der Waals surface area (Å²) < 4.78 is 26.3. The van der Waals surface area contributed by atoms with Crippen molar-refractivity contribution in [3.63, 3.8) is 0 Å². The van der Waals surface area contributed by atoms with Gasteiger partial charge >= 0.3 is 5.69 Å². The van der Waals surface area contributed by atoms with E-state index in [4.69, 9.17) is 0 Å². The second-order valence-electron chi connectivity index (χ2n) is 5.68. The number of hydrogen-bond donors (Lipinski definition) is 1. The van der Waals surface area contributed by atoms with Crippen molar-refractivity contribution in [3.8, 4) is 0 Å². The number of aromatic nitrogens is 2. The maximum Gasteiger partial charge on any atom is 0.331 e. The van der Waals surface area contributed by atoms with Crippen molar-refractivity contribution in [2.24, 2.45) is 14.1 Å². The number of carbonyl (C=O) groups excluding carboxylic acids is 1. The quantitative estimate of drug-likeness (QED) is 0.698. The van der Waals surface area contributed by atoms with Crippen molar-refractivity contribution < 1.29 is 13.2 Å². The maximum atomic E-state index is 12.3. The molecule has 0 bridgehead atoms. The van der Waals surface area contributed by atoms with Crippen LogP contribution in [0.4, 0.5) is 0 Å². The normalized spacial score (nSPS) is 17.2. The number of rotatable bonds is 3. The van der Waals surface area contributed by atoms with Gasteiger partial charge in [0.15, 0.2) is 0 Å². The van der Waals surface area contributed by atoms with E-state index in [0.717, 1.165) is 21.5 Å². The van der Waals surface area contributed by atoms with Gasteiger partial charge in [-0.1, -0.05) is 0 Å². The molecule has 0 saturated carbocycles. The van der Waals surface area contributed by atoms with Gasteiger partial charge in [-0.05, 0) is 12.8 Å². The van der Waals surface area contributed by atoms with Crippen molar-refractivity contribution in [2.75, 3.05) is 19.3 Å². The van der Waals surface area contributed by atoms with E-state index in [1.165, 1.54) is 18.4 Å². The van der Waals surface area contributed by atoms with Gasteiger partial charge < -0.3 is 5.32 Å². The highest BCUT2D eigenvalue weighted by atomic mass is 32.2. The van der Waals surface area contributed by atoms with Crippen LogP contribution in [0.2, 0.25) is 0 Å². The van der Waals surface area contributed by atoms with Crippen LogP contribution in [0.1, 0.15) is 23.3 Å². The van der Waals surface area contributed by atoms with Crippen LogP contribution < -0.4 is 16.6 Å². The lowest BCUT2D eigenvalue weighted by Gasteiger charge is -2.30. The molecule has 23 heavy (non-hydrogen) atoms. The fourth-order valence-corrected chi connectivity index (χ4v) is 3.42. The lowest BCUT2D eigenvalue weighted by Crippen LogP contribution is -2.48. The second-order valence-corrected chi connectivity index (χ2v) is 7.66. The molecule has 0 aromatic carbocycles. The van der Waals surface area contributed by atoms with Gasteiger partial charge in [0, 0.05) is 39.3 Å². The number of carbonyl (C=O) groups is 1. The minimum Gasteiger partial charge on any atom is -0.348 e. The van der Waals surface area contributed by atoms with Gasteiger partial charge in [0.1, 0.15) is 5.69 Å². The summed E-state index contributed by atoms with van der Waals surface area (Å²) >= 11 is 0. The highest BCUT2D eigenvalue weighted by Crippen LogP contribution is 2.13. The Morgan fingerprint density at radius 1 is 1.17 bits per heavy atom. The minimum atomic E-state index is -3.22. The van der Waals surface area contributed by atoms with Gasteiger partial charge in [-0.15, -0.1) is 0 Å². The molecule has 1 aromatic rings. The third-order valence-electron chi connectivity index (χ3n) is 4.02. The lowest BCUT2D eigenvalue weighted by atomic mass is 10.1. The van der Waals surface area contributed by atoms with Gasteiger partial charge in [-0.3, -0.25) is 18.7 Å². The van der Waals surface area contributed by atoms with E-state index in [2.05, 4.69) is 5.32 Å². The Morgan fingerprint density at radius 3 is 2.26 bits per heavy atom. The van der Waals surface area contributed by atoms with Crippen molar-refractivity contribution in [1.82, 2.24) is 18.8 Å². The molecule has 1 fully saturated rings. The summed E-state index contributed by atoms with van der Waals surface area (Å²) in [6, 6.07) is 0.919. The van der Waals surface area contributed by atoms with Gasteiger partial charge in [-0.25, -0.2) is 17.5 Å². The molecule has 9 nitrogen and oxygen atoms in total. The third kappa shape index (κ3) is 3.70. The first-order valence-electron chi connectivity index (χ1n) is 7.14. The van der Waals surface area contributed by atoms with Crippen molar-refractivity contribution >= 4 is 15.9 Å². The van der Waals surface area contributed by atoms with Crippen molar-refractivity contribution in [3.05, 3.63) is 32.6 Å². The van der Waals surface area contributed by atoms with Gasteiger partial charge in [0.05, 0.1) is 6.26 Å². The average molecular weight is 344 g/mol. The molecule has 10 heteroatoms. The first-order valence-corrected chi connectivity index (χ1v) is 8.99. The van der Waals surface area contributed by atoms with Crippen LogP contribution in [0.15, 0.2) is 15.7 Å². The summed E-state index contributed by atoms with van der Waals surface area (Å²) in [6.45, 7) is 0.665. The zero-order chi connectivity index (χ0) is 17.4. The van der Waals surface area contributed by atoms with Gasteiger partial charge in [-0.2, -0.15) is 0 Å². The Balaban J connectivity index is 2.10. The van der Waals surface area contributed by atoms with Crippen molar-refractivity contribution in [2.45, 2.75) is 18.9 Å². The van der Waals surface area contributed by atoms with Crippen LogP contribution in [0.25, 0.3) is 0 Å². The molecule has 1 aliphatic rings. The standard InChI is InChI=1S/C13H20N4O5S/c1-15-10(8-11(18)16(2)13(15)20)12(19)14-9-4-6-17(7-5-9)23(3,21)22/h8-9H,4-7H2,1-3H3,(H,14,19). The van der Waals surface area contributed by atoms with Crippen molar-refractivity contribution in [1.29, 1.82) is 0 Å². The van der Waals surface area contributed by atoms with Crippen LogP contribution in [0.5, 0.6) is 0 Å². The number of piperidine rings is 1. The van der Waals surface area contributed by atoms with E-state index in [1.54, 1.807) is 0 Å². The number of nitrogens with zero attached hydrogens (tertiary/aromatic N) is 3. The fraction of sp³-hybridized carbons (Fsp3) is 0.615. The average Bonchev–Trinajstić information content (AvgIpc) is 2.48. The fourth-order valence-electron chi connectivity index (χ4n) is 2.54. The molecule has 0 spiro atoms. The van der Waals surface area contributed by atoms with E-state index >= 15 is 0 Å². The molecule has 1 N–H and O–H groups in total. The van der Waals surface area contributed by atoms with E-state index in [-0.39, 0.29) is 11.7 Å². The maximum absolute atomic E-state index is 12.3. The first kappa shape index (κ1) is 17.4.